The second kappa shape index (κ2) is 6.34. The summed E-state index contributed by atoms with van der Waals surface area (Å²) in [5.74, 6) is -0.280. The second-order valence-electron chi connectivity index (χ2n) is 5.12. The van der Waals surface area contributed by atoms with Crippen LogP contribution in [0.4, 0.5) is 0 Å². The van der Waals surface area contributed by atoms with Gasteiger partial charge in [0.2, 0.25) is 0 Å². The zero-order valence-corrected chi connectivity index (χ0v) is 14.3. The topological polar surface area (TPSA) is 58.8 Å². The number of hydrogen-bond donors (Lipinski definition) is 1. The fourth-order valence-electron chi connectivity index (χ4n) is 2.33. The van der Waals surface area contributed by atoms with Gasteiger partial charge in [0.1, 0.15) is 11.3 Å². The predicted octanol–water partition coefficient (Wildman–Crippen LogP) is 3.56. The van der Waals surface area contributed by atoms with E-state index in [-0.39, 0.29) is 5.91 Å². The molecule has 5 nitrogen and oxygen atoms in total. The lowest BCUT2D eigenvalue weighted by molar-refractivity contribution is 0.0948. The van der Waals surface area contributed by atoms with Crippen LogP contribution in [0.3, 0.4) is 0 Å². The number of halogens is 1. The number of carbonyl (C=O) groups is 1. The quantitative estimate of drug-likeness (QED) is 0.565. The van der Waals surface area contributed by atoms with Crippen LogP contribution in [0.5, 0.6) is 0 Å². The number of hydrazone groups is 1. The van der Waals surface area contributed by atoms with E-state index in [4.69, 9.17) is 0 Å². The third-order valence-electron chi connectivity index (χ3n) is 3.51. The van der Waals surface area contributed by atoms with Crippen LogP contribution >= 0.6 is 15.9 Å². The van der Waals surface area contributed by atoms with Crippen molar-refractivity contribution in [3.63, 3.8) is 0 Å². The number of hydrogen-bond acceptors (Lipinski definition) is 3. The van der Waals surface area contributed by atoms with E-state index in [0.717, 1.165) is 21.4 Å². The van der Waals surface area contributed by atoms with Crippen molar-refractivity contribution in [3.8, 4) is 0 Å². The summed E-state index contributed by atoms with van der Waals surface area (Å²) in [6.45, 7) is 3.66. The van der Waals surface area contributed by atoms with Crippen LogP contribution in [-0.4, -0.2) is 21.0 Å². The van der Waals surface area contributed by atoms with E-state index in [2.05, 4.69) is 31.4 Å². The number of pyridine rings is 1. The van der Waals surface area contributed by atoms with Crippen molar-refractivity contribution in [2.75, 3.05) is 0 Å². The first kappa shape index (κ1) is 15.4. The molecule has 0 saturated heterocycles. The van der Waals surface area contributed by atoms with Crippen LogP contribution in [0.25, 0.3) is 5.65 Å². The van der Waals surface area contributed by atoms with E-state index in [1.54, 1.807) is 4.40 Å². The molecule has 0 bridgehead atoms. The first-order chi connectivity index (χ1) is 11.1. The van der Waals surface area contributed by atoms with Crippen LogP contribution in [0, 0.1) is 6.92 Å². The van der Waals surface area contributed by atoms with Gasteiger partial charge in [0.05, 0.1) is 11.4 Å². The number of aromatic nitrogens is 2. The molecule has 0 spiro atoms. The summed E-state index contributed by atoms with van der Waals surface area (Å²) in [6.07, 6.45) is 1.82. The summed E-state index contributed by atoms with van der Waals surface area (Å²) >= 11 is 3.39. The summed E-state index contributed by atoms with van der Waals surface area (Å²) in [6, 6.07) is 13.4. The lowest BCUT2D eigenvalue weighted by Gasteiger charge is -2.04. The SMILES string of the molecule is C/C(=N/NC(=O)c1c(C)nc2ccccn12)c1ccc(Br)cc1. The summed E-state index contributed by atoms with van der Waals surface area (Å²) in [5.41, 5.74) is 6.19. The monoisotopic (exact) mass is 370 g/mol. The Balaban J connectivity index is 1.85. The zero-order chi connectivity index (χ0) is 16.4. The number of imidazole rings is 1. The molecule has 3 aromatic rings. The van der Waals surface area contributed by atoms with E-state index in [9.17, 15) is 4.79 Å². The highest BCUT2D eigenvalue weighted by Crippen LogP contribution is 2.13. The van der Waals surface area contributed by atoms with Crippen molar-refractivity contribution in [1.29, 1.82) is 0 Å². The minimum atomic E-state index is -0.280. The first-order valence-corrected chi connectivity index (χ1v) is 7.90. The molecule has 1 amide bonds. The van der Waals surface area contributed by atoms with Crippen LogP contribution in [0.1, 0.15) is 28.7 Å². The van der Waals surface area contributed by atoms with Crippen LogP contribution in [0.15, 0.2) is 58.2 Å². The molecule has 0 aliphatic carbocycles. The number of nitrogens with zero attached hydrogens (tertiary/aromatic N) is 3. The molecule has 0 aliphatic heterocycles. The van der Waals surface area contributed by atoms with Gasteiger partial charge in [0.15, 0.2) is 0 Å². The summed E-state index contributed by atoms with van der Waals surface area (Å²) < 4.78 is 2.76. The molecule has 0 saturated carbocycles. The Morgan fingerprint density at radius 1 is 1.22 bits per heavy atom. The minimum Gasteiger partial charge on any atom is -0.295 e. The number of nitrogens with one attached hydrogen (secondary N) is 1. The number of benzene rings is 1. The average molecular weight is 371 g/mol. The number of amides is 1. The van der Waals surface area contributed by atoms with Gasteiger partial charge < -0.3 is 0 Å². The molecule has 2 heterocycles. The first-order valence-electron chi connectivity index (χ1n) is 7.10. The Bertz CT molecular complexity index is 897. The second-order valence-corrected chi connectivity index (χ2v) is 6.04. The van der Waals surface area contributed by atoms with Crippen molar-refractivity contribution in [1.82, 2.24) is 14.8 Å². The molecule has 23 heavy (non-hydrogen) atoms. The smallest absolute Gasteiger partial charge is 0.290 e. The number of rotatable bonds is 3. The predicted molar refractivity (Wildman–Crippen MR) is 93.7 cm³/mol. The van der Waals surface area contributed by atoms with Gasteiger partial charge in [-0.2, -0.15) is 5.10 Å². The normalized spacial score (nSPS) is 11.7. The molecule has 0 atom stereocenters. The number of carbonyl (C=O) groups excluding carboxylic acids is 1. The average Bonchev–Trinajstić information content (AvgIpc) is 2.88. The zero-order valence-electron chi connectivity index (χ0n) is 12.7. The van der Waals surface area contributed by atoms with Crippen molar-refractivity contribution in [3.05, 3.63) is 70.1 Å². The fraction of sp³-hybridized carbons (Fsp3) is 0.118. The Morgan fingerprint density at radius 3 is 2.70 bits per heavy atom. The van der Waals surface area contributed by atoms with Crippen molar-refractivity contribution >= 4 is 33.2 Å². The standard InChI is InChI=1S/C17H15BrN4O/c1-11(13-6-8-14(18)9-7-13)20-21-17(23)16-12(2)19-15-5-3-4-10-22(15)16/h3-10H,1-2H3,(H,21,23)/b20-11-. The van der Waals surface area contributed by atoms with Gasteiger partial charge >= 0.3 is 0 Å². The molecule has 1 N–H and O–H groups in total. The Hall–Kier alpha value is -2.47. The molecule has 1 aromatic carbocycles. The maximum absolute atomic E-state index is 12.4. The van der Waals surface area contributed by atoms with Gasteiger partial charge in [-0.15, -0.1) is 0 Å². The molecular weight excluding hydrogens is 356 g/mol. The van der Waals surface area contributed by atoms with E-state index in [0.29, 0.717) is 11.4 Å². The molecule has 0 unspecified atom stereocenters. The molecule has 6 heteroatoms. The summed E-state index contributed by atoms with van der Waals surface area (Å²) in [7, 11) is 0. The molecule has 0 fully saturated rings. The van der Waals surface area contributed by atoms with Crippen LogP contribution in [-0.2, 0) is 0 Å². The van der Waals surface area contributed by atoms with Gasteiger partial charge in [-0.3, -0.25) is 9.20 Å². The molecular formula is C17H15BrN4O. The van der Waals surface area contributed by atoms with Crippen molar-refractivity contribution < 1.29 is 4.79 Å². The maximum atomic E-state index is 12.4. The lowest BCUT2D eigenvalue weighted by Crippen LogP contribution is -2.21. The van der Waals surface area contributed by atoms with Crippen molar-refractivity contribution in [2.24, 2.45) is 5.10 Å². The van der Waals surface area contributed by atoms with Gasteiger partial charge in [-0.05, 0) is 43.7 Å². The third kappa shape index (κ3) is 3.17. The number of aryl methyl sites for hydroxylation is 1. The largest absolute Gasteiger partial charge is 0.295 e. The summed E-state index contributed by atoms with van der Waals surface area (Å²) in [5, 5.41) is 4.19. The maximum Gasteiger partial charge on any atom is 0.290 e. The van der Waals surface area contributed by atoms with E-state index < -0.39 is 0 Å². The minimum absolute atomic E-state index is 0.280. The highest BCUT2D eigenvalue weighted by Gasteiger charge is 2.15. The van der Waals surface area contributed by atoms with Gasteiger partial charge in [0, 0.05) is 10.7 Å². The van der Waals surface area contributed by atoms with E-state index in [1.807, 2.05) is 62.5 Å². The molecule has 116 valence electrons. The van der Waals surface area contributed by atoms with Crippen LogP contribution < -0.4 is 5.43 Å². The van der Waals surface area contributed by atoms with E-state index >= 15 is 0 Å². The summed E-state index contributed by atoms with van der Waals surface area (Å²) in [4.78, 5) is 16.8. The Labute approximate surface area is 142 Å². The Kier molecular flexibility index (Phi) is 4.25. The van der Waals surface area contributed by atoms with E-state index in [1.165, 1.54) is 0 Å². The van der Waals surface area contributed by atoms with Gasteiger partial charge in [-0.25, -0.2) is 10.4 Å². The fourth-order valence-corrected chi connectivity index (χ4v) is 2.59. The molecule has 3 rings (SSSR count). The Morgan fingerprint density at radius 2 is 1.96 bits per heavy atom. The van der Waals surface area contributed by atoms with Crippen molar-refractivity contribution in [2.45, 2.75) is 13.8 Å². The lowest BCUT2D eigenvalue weighted by atomic mass is 10.1. The van der Waals surface area contributed by atoms with Gasteiger partial charge in [0.25, 0.3) is 5.91 Å². The van der Waals surface area contributed by atoms with Gasteiger partial charge in [-0.1, -0.05) is 34.1 Å². The number of fused-ring (bicyclic) bond motifs is 1. The molecule has 0 radical (unpaired) electrons. The third-order valence-corrected chi connectivity index (χ3v) is 4.04. The van der Waals surface area contributed by atoms with Crippen LogP contribution in [0.2, 0.25) is 0 Å². The molecule has 0 aliphatic rings. The highest BCUT2D eigenvalue weighted by atomic mass is 79.9. The molecule has 2 aromatic heterocycles. The highest BCUT2D eigenvalue weighted by molar-refractivity contribution is 9.10.